The van der Waals surface area contributed by atoms with E-state index in [-0.39, 0.29) is 19.1 Å². The van der Waals surface area contributed by atoms with Crippen molar-refractivity contribution in [1.82, 2.24) is 9.55 Å². The Morgan fingerprint density at radius 3 is 2.72 bits per heavy atom. The SMILES string of the molecule is CSCc1nc2ccccc2n1CC(=O)OCc1ccc(C#N)cc1. The van der Waals surface area contributed by atoms with Gasteiger partial charge < -0.3 is 9.30 Å². The normalized spacial score (nSPS) is 10.6. The number of thioether (sulfide) groups is 1. The summed E-state index contributed by atoms with van der Waals surface area (Å²) < 4.78 is 7.29. The van der Waals surface area contributed by atoms with Gasteiger partial charge in [-0.1, -0.05) is 24.3 Å². The van der Waals surface area contributed by atoms with Crippen LogP contribution in [0.25, 0.3) is 11.0 Å². The van der Waals surface area contributed by atoms with Crippen molar-refractivity contribution >= 4 is 28.8 Å². The van der Waals surface area contributed by atoms with Gasteiger partial charge in [-0.15, -0.1) is 0 Å². The van der Waals surface area contributed by atoms with Gasteiger partial charge in [0.2, 0.25) is 0 Å². The van der Waals surface area contributed by atoms with Crippen molar-refractivity contribution in [3.63, 3.8) is 0 Å². The number of carbonyl (C=O) groups is 1. The topological polar surface area (TPSA) is 67.9 Å². The fraction of sp³-hybridized carbons (Fsp3) is 0.211. The summed E-state index contributed by atoms with van der Waals surface area (Å²) in [7, 11) is 0. The summed E-state index contributed by atoms with van der Waals surface area (Å²) in [6.07, 6.45) is 2.01. The van der Waals surface area contributed by atoms with Gasteiger partial charge in [0, 0.05) is 0 Å². The summed E-state index contributed by atoms with van der Waals surface area (Å²) in [6.45, 7) is 0.321. The third kappa shape index (κ3) is 4.01. The van der Waals surface area contributed by atoms with Gasteiger partial charge in [-0.3, -0.25) is 4.79 Å². The molecule has 0 saturated carbocycles. The maximum Gasteiger partial charge on any atom is 0.326 e. The molecule has 0 unspecified atom stereocenters. The maximum absolute atomic E-state index is 12.3. The molecule has 0 bridgehead atoms. The lowest BCUT2D eigenvalue weighted by molar-refractivity contribution is -0.145. The fourth-order valence-corrected chi connectivity index (χ4v) is 3.03. The molecule has 0 aliphatic heterocycles. The molecular weight excluding hydrogens is 334 g/mol. The molecule has 0 saturated heterocycles. The molecule has 0 atom stereocenters. The lowest BCUT2D eigenvalue weighted by Gasteiger charge is -2.09. The van der Waals surface area contributed by atoms with Crippen molar-refractivity contribution in [3.8, 4) is 6.07 Å². The molecular formula is C19H17N3O2S. The van der Waals surface area contributed by atoms with Crippen molar-refractivity contribution in [3.05, 3.63) is 65.5 Å². The van der Waals surface area contributed by atoms with E-state index in [1.807, 2.05) is 35.1 Å². The first-order valence-electron chi connectivity index (χ1n) is 7.79. The Kier molecular flexibility index (Phi) is 5.36. The predicted molar refractivity (Wildman–Crippen MR) is 97.9 cm³/mol. The van der Waals surface area contributed by atoms with Crippen LogP contribution in [0.4, 0.5) is 0 Å². The number of nitrogens with zero attached hydrogens (tertiary/aromatic N) is 3. The van der Waals surface area contributed by atoms with Crippen LogP contribution >= 0.6 is 11.8 Å². The van der Waals surface area contributed by atoms with E-state index in [1.54, 1.807) is 36.0 Å². The number of fused-ring (bicyclic) bond motifs is 1. The van der Waals surface area contributed by atoms with E-state index in [9.17, 15) is 4.79 Å². The van der Waals surface area contributed by atoms with Gasteiger partial charge in [-0.2, -0.15) is 17.0 Å². The van der Waals surface area contributed by atoms with E-state index in [0.29, 0.717) is 5.56 Å². The Bertz CT molecular complexity index is 926. The van der Waals surface area contributed by atoms with E-state index in [0.717, 1.165) is 28.2 Å². The largest absolute Gasteiger partial charge is 0.459 e. The Hall–Kier alpha value is -2.78. The molecule has 126 valence electrons. The molecule has 0 N–H and O–H groups in total. The lowest BCUT2D eigenvalue weighted by Crippen LogP contribution is -2.15. The van der Waals surface area contributed by atoms with Crippen molar-refractivity contribution in [1.29, 1.82) is 5.26 Å². The summed E-state index contributed by atoms with van der Waals surface area (Å²) in [5.41, 5.74) is 3.25. The Morgan fingerprint density at radius 2 is 2.00 bits per heavy atom. The number of benzene rings is 2. The number of esters is 1. The molecule has 6 heteroatoms. The molecule has 5 nitrogen and oxygen atoms in total. The molecule has 25 heavy (non-hydrogen) atoms. The summed E-state index contributed by atoms with van der Waals surface area (Å²) in [6, 6.07) is 16.8. The standard InChI is InChI=1S/C19H17N3O2S/c1-25-13-18-21-16-4-2-3-5-17(16)22(18)11-19(23)24-12-15-8-6-14(10-20)7-9-15/h2-9H,11-13H2,1H3. The first-order chi connectivity index (χ1) is 12.2. The molecule has 0 aliphatic rings. The first kappa shape index (κ1) is 17.1. The average Bonchev–Trinajstić information content (AvgIpc) is 2.98. The van der Waals surface area contributed by atoms with Gasteiger partial charge in [0.25, 0.3) is 0 Å². The summed E-state index contributed by atoms with van der Waals surface area (Å²) in [4.78, 5) is 16.9. The van der Waals surface area contributed by atoms with Crippen LogP contribution in [-0.2, 0) is 28.4 Å². The van der Waals surface area contributed by atoms with Gasteiger partial charge in [0.15, 0.2) is 0 Å². The number of carbonyl (C=O) groups excluding carboxylic acids is 1. The van der Waals surface area contributed by atoms with Crippen LogP contribution in [0.15, 0.2) is 48.5 Å². The Labute approximate surface area is 150 Å². The van der Waals surface area contributed by atoms with Crippen molar-refractivity contribution in [2.45, 2.75) is 18.9 Å². The second-order valence-electron chi connectivity index (χ2n) is 5.51. The van der Waals surface area contributed by atoms with Crippen LogP contribution in [0.5, 0.6) is 0 Å². The number of hydrogen-bond acceptors (Lipinski definition) is 5. The van der Waals surface area contributed by atoms with Crippen LogP contribution in [0.1, 0.15) is 17.0 Å². The zero-order valence-electron chi connectivity index (χ0n) is 13.8. The molecule has 1 aromatic heterocycles. The molecule has 0 radical (unpaired) electrons. The molecule has 1 heterocycles. The number of para-hydroxylation sites is 2. The van der Waals surface area contributed by atoms with Gasteiger partial charge in [-0.25, -0.2) is 4.98 Å². The summed E-state index contributed by atoms with van der Waals surface area (Å²) in [5.74, 6) is 1.29. The highest BCUT2D eigenvalue weighted by molar-refractivity contribution is 7.97. The lowest BCUT2D eigenvalue weighted by atomic mass is 10.2. The van der Waals surface area contributed by atoms with Crippen molar-refractivity contribution < 1.29 is 9.53 Å². The van der Waals surface area contributed by atoms with Crippen molar-refractivity contribution in [2.24, 2.45) is 0 Å². The summed E-state index contributed by atoms with van der Waals surface area (Å²) >= 11 is 1.66. The Balaban J connectivity index is 1.70. The fourth-order valence-electron chi connectivity index (χ4n) is 2.56. The number of ether oxygens (including phenoxy) is 1. The monoisotopic (exact) mass is 351 g/mol. The highest BCUT2D eigenvalue weighted by Crippen LogP contribution is 2.19. The number of aromatic nitrogens is 2. The number of nitriles is 1. The van der Waals surface area contributed by atoms with Gasteiger partial charge in [0.05, 0.1) is 28.4 Å². The zero-order chi connectivity index (χ0) is 17.6. The molecule has 0 amide bonds. The molecule has 0 fully saturated rings. The maximum atomic E-state index is 12.3. The van der Waals surface area contributed by atoms with Crippen molar-refractivity contribution in [2.75, 3.05) is 6.26 Å². The molecule has 0 spiro atoms. The highest BCUT2D eigenvalue weighted by Gasteiger charge is 2.14. The molecule has 2 aromatic carbocycles. The number of imidazole rings is 1. The van der Waals surface area contributed by atoms with E-state index in [4.69, 9.17) is 10.00 Å². The van der Waals surface area contributed by atoms with Gasteiger partial charge in [0.1, 0.15) is 19.0 Å². The summed E-state index contributed by atoms with van der Waals surface area (Å²) in [5, 5.41) is 8.80. The van der Waals surface area contributed by atoms with Gasteiger partial charge in [-0.05, 0) is 36.1 Å². The zero-order valence-corrected chi connectivity index (χ0v) is 14.6. The smallest absolute Gasteiger partial charge is 0.326 e. The van der Waals surface area contributed by atoms with Gasteiger partial charge >= 0.3 is 5.97 Å². The first-order valence-corrected chi connectivity index (χ1v) is 9.18. The minimum atomic E-state index is -0.310. The van der Waals surface area contributed by atoms with E-state index in [1.165, 1.54) is 0 Å². The van der Waals surface area contributed by atoms with Crippen LogP contribution in [0.3, 0.4) is 0 Å². The van der Waals surface area contributed by atoms with Crippen LogP contribution in [0.2, 0.25) is 0 Å². The highest BCUT2D eigenvalue weighted by atomic mass is 32.2. The minimum absolute atomic E-state index is 0.132. The predicted octanol–water partition coefficient (Wildman–Crippen LogP) is 3.51. The van der Waals surface area contributed by atoms with E-state index >= 15 is 0 Å². The minimum Gasteiger partial charge on any atom is -0.459 e. The molecule has 3 aromatic rings. The van der Waals surface area contributed by atoms with E-state index < -0.39 is 0 Å². The average molecular weight is 351 g/mol. The number of rotatable bonds is 6. The van der Waals surface area contributed by atoms with Crippen LogP contribution < -0.4 is 0 Å². The molecule has 0 aliphatic carbocycles. The quantitative estimate of drug-likeness (QED) is 0.636. The molecule has 3 rings (SSSR count). The van der Waals surface area contributed by atoms with Crippen LogP contribution in [0, 0.1) is 11.3 Å². The third-order valence-corrected chi connectivity index (χ3v) is 4.32. The van der Waals surface area contributed by atoms with Crippen LogP contribution in [-0.4, -0.2) is 21.8 Å². The van der Waals surface area contributed by atoms with E-state index in [2.05, 4.69) is 11.1 Å². The number of hydrogen-bond donors (Lipinski definition) is 0. The third-order valence-electron chi connectivity index (χ3n) is 3.78. The second kappa shape index (κ2) is 7.86. The Morgan fingerprint density at radius 1 is 1.24 bits per heavy atom. The second-order valence-corrected chi connectivity index (χ2v) is 6.37.